The molecule has 3 rings (SSSR count). The van der Waals surface area contributed by atoms with Gasteiger partial charge in [0.1, 0.15) is 12.3 Å². The number of hydrogen-bond acceptors (Lipinski definition) is 4. The van der Waals surface area contributed by atoms with Crippen LogP contribution < -0.4 is 5.48 Å². The molecule has 2 aromatic rings. The summed E-state index contributed by atoms with van der Waals surface area (Å²) in [5, 5.41) is 11.8. The van der Waals surface area contributed by atoms with Crippen LogP contribution in [0.4, 0.5) is 0 Å². The molecule has 0 heterocycles. The SMILES string of the molecule is CCCCCCCCON=C1c2ccccc2CCc2ccccc21.O=CNO. The number of carbonyl (C=O) groups is 1. The molecule has 1 aliphatic carbocycles. The molecule has 0 unspecified atom stereocenters. The van der Waals surface area contributed by atoms with E-state index in [0.717, 1.165) is 25.0 Å². The van der Waals surface area contributed by atoms with Crippen LogP contribution in [0.5, 0.6) is 0 Å². The topological polar surface area (TPSA) is 70.9 Å². The summed E-state index contributed by atoms with van der Waals surface area (Å²) in [5.74, 6) is 0. The Kier molecular flexibility index (Phi) is 10.5. The van der Waals surface area contributed by atoms with Crippen molar-refractivity contribution in [1.82, 2.24) is 5.48 Å². The van der Waals surface area contributed by atoms with Crippen LogP contribution in [0.3, 0.4) is 0 Å². The molecule has 156 valence electrons. The van der Waals surface area contributed by atoms with Crippen molar-refractivity contribution in [3.05, 3.63) is 70.8 Å². The van der Waals surface area contributed by atoms with Crippen molar-refractivity contribution >= 4 is 12.1 Å². The van der Waals surface area contributed by atoms with E-state index in [1.807, 2.05) is 0 Å². The second-order valence-electron chi connectivity index (χ2n) is 7.10. The Hall–Kier alpha value is -2.66. The van der Waals surface area contributed by atoms with Crippen molar-refractivity contribution in [2.24, 2.45) is 5.16 Å². The van der Waals surface area contributed by atoms with E-state index in [4.69, 9.17) is 14.8 Å². The normalized spacial score (nSPS) is 11.9. The monoisotopic (exact) mass is 396 g/mol. The Bertz CT molecular complexity index is 725. The summed E-state index contributed by atoms with van der Waals surface area (Å²) in [6.07, 6.45) is 9.90. The lowest BCUT2D eigenvalue weighted by Gasteiger charge is -2.10. The van der Waals surface area contributed by atoms with Crippen LogP contribution in [0.2, 0.25) is 0 Å². The van der Waals surface area contributed by atoms with Gasteiger partial charge in [-0.05, 0) is 36.8 Å². The van der Waals surface area contributed by atoms with Crippen molar-refractivity contribution in [2.45, 2.75) is 58.3 Å². The lowest BCUT2D eigenvalue weighted by molar-refractivity contribution is -0.116. The Labute approximate surface area is 173 Å². The molecule has 0 bridgehead atoms. The van der Waals surface area contributed by atoms with Crippen LogP contribution in [0, 0.1) is 0 Å². The number of amides is 1. The fourth-order valence-corrected chi connectivity index (χ4v) is 3.51. The second kappa shape index (κ2) is 13.5. The number of nitrogens with one attached hydrogen (secondary N) is 1. The molecule has 5 nitrogen and oxygen atoms in total. The van der Waals surface area contributed by atoms with Crippen molar-refractivity contribution < 1.29 is 14.8 Å². The zero-order chi connectivity index (χ0) is 20.7. The van der Waals surface area contributed by atoms with Gasteiger partial charge in [0.25, 0.3) is 0 Å². The number of benzene rings is 2. The molecule has 0 aromatic heterocycles. The van der Waals surface area contributed by atoms with Crippen molar-refractivity contribution in [2.75, 3.05) is 6.61 Å². The van der Waals surface area contributed by atoms with Gasteiger partial charge in [0, 0.05) is 11.1 Å². The highest BCUT2D eigenvalue weighted by atomic mass is 16.6. The van der Waals surface area contributed by atoms with Gasteiger partial charge in [0.2, 0.25) is 6.41 Å². The number of rotatable bonds is 9. The number of carbonyl (C=O) groups excluding carboxylic acids is 1. The number of nitrogens with zero attached hydrogens (tertiary/aromatic N) is 1. The van der Waals surface area contributed by atoms with Gasteiger partial charge in [-0.25, -0.2) is 5.48 Å². The quantitative estimate of drug-likeness (QED) is 0.270. The third kappa shape index (κ3) is 7.35. The number of aryl methyl sites for hydroxylation is 2. The van der Waals surface area contributed by atoms with Crippen molar-refractivity contribution in [3.8, 4) is 0 Å². The maximum Gasteiger partial charge on any atom is 0.230 e. The van der Waals surface area contributed by atoms with E-state index in [2.05, 4.69) is 60.6 Å². The fraction of sp³-hybridized carbons (Fsp3) is 0.417. The smallest absolute Gasteiger partial charge is 0.230 e. The minimum atomic E-state index is 0.181. The summed E-state index contributed by atoms with van der Waals surface area (Å²) in [5.41, 5.74) is 7.40. The van der Waals surface area contributed by atoms with Crippen molar-refractivity contribution in [1.29, 1.82) is 0 Å². The minimum Gasteiger partial charge on any atom is -0.395 e. The summed E-state index contributed by atoms with van der Waals surface area (Å²) in [6, 6.07) is 17.2. The van der Waals surface area contributed by atoms with Gasteiger partial charge in [0.15, 0.2) is 0 Å². The molecule has 0 saturated carbocycles. The van der Waals surface area contributed by atoms with Crippen LogP contribution in [0.25, 0.3) is 0 Å². The highest BCUT2D eigenvalue weighted by Crippen LogP contribution is 2.25. The molecule has 5 heteroatoms. The predicted octanol–water partition coefficient (Wildman–Crippen LogP) is 5.04. The number of fused-ring (bicyclic) bond motifs is 2. The maximum atomic E-state index is 8.81. The van der Waals surface area contributed by atoms with E-state index < -0.39 is 0 Å². The van der Waals surface area contributed by atoms with Crippen LogP contribution in [0.1, 0.15) is 67.7 Å². The van der Waals surface area contributed by atoms with Crippen LogP contribution in [-0.2, 0) is 22.5 Å². The number of oxime groups is 1. The van der Waals surface area contributed by atoms with E-state index in [0.29, 0.717) is 6.61 Å². The molecule has 2 N–H and O–H groups in total. The fourth-order valence-electron chi connectivity index (χ4n) is 3.51. The lowest BCUT2D eigenvalue weighted by atomic mass is 9.98. The zero-order valence-corrected chi connectivity index (χ0v) is 17.3. The molecule has 29 heavy (non-hydrogen) atoms. The van der Waals surface area contributed by atoms with Gasteiger partial charge >= 0.3 is 0 Å². The Balaban J connectivity index is 0.000000687. The first-order chi connectivity index (χ1) is 14.3. The predicted molar refractivity (Wildman–Crippen MR) is 116 cm³/mol. The average molecular weight is 397 g/mol. The molecular weight excluding hydrogens is 364 g/mol. The summed E-state index contributed by atoms with van der Waals surface area (Å²) in [7, 11) is 0. The highest BCUT2D eigenvalue weighted by Gasteiger charge is 2.19. The molecule has 0 fully saturated rings. The van der Waals surface area contributed by atoms with E-state index in [1.54, 1.807) is 0 Å². The third-order valence-electron chi connectivity index (χ3n) is 5.01. The first-order valence-corrected chi connectivity index (χ1v) is 10.5. The zero-order valence-electron chi connectivity index (χ0n) is 17.3. The van der Waals surface area contributed by atoms with E-state index in [-0.39, 0.29) is 6.41 Å². The molecule has 1 aliphatic rings. The van der Waals surface area contributed by atoms with Gasteiger partial charge in [-0.2, -0.15) is 0 Å². The lowest BCUT2D eigenvalue weighted by Crippen LogP contribution is -2.07. The molecular formula is C24H32N2O3. The average Bonchev–Trinajstić information content (AvgIpc) is 2.93. The second-order valence-corrected chi connectivity index (χ2v) is 7.10. The van der Waals surface area contributed by atoms with E-state index in [9.17, 15) is 0 Å². The summed E-state index contributed by atoms with van der Waals surface area (Å²) in [6.45, 7) is 2.96. The van der Waals surface area contributed by atoms with Crippen molar-refractivity contribution in [3.63, 3.8) is 0 Å². The molecule has 0 radical (unpaired) electrons. The molecule has 0 spiro atoms. The first kappa shape index (κ1) is 22.6. The standard InChI is InChI=1S/C23H29NO.CH3NO2/c1-2-3-4-5-6-11-18-25-24-23-21-14-9-7-12-19(21)16-17-20-13-8-10-15-22(20)23;3-1-2-4/h7-10,12-15H,2-6,11,16-18H2,1H3;1,4H,(H,2,3). The molecule has 1 amide bonds. The highest BCUT2D eigenvalue weighted by molar-refractivity contribution is 6.14. The van der Waals surface area contributed by atoms with Crippen LogP contribution in [-0.4, -0.2) is 23.9 Å². The van der Waals surface area contributed by atoms with Crippen LogP contribution in [0.15, 0.2) is 53.7 Å². The first-order valence-electron chi connectivity index (χ1n) is 10.5. The Morgan fingerprint density at radius 2 is 1.45 bits per heavy atom. The summed E-state index contributed by atoms with van der Waals surface area (Å²) in [4.78, 5) is 14.5. The van der Waals surface area contributed by atoms with Gasteiger partial charge in [-0.3, -0.25) is 10.0 Å². The number of hydrogen-bond donors (Lipinski definition) is 2. The number of unbranched alkanes of at least 4 members (excludes halogenated alkanes) is 5. The third-order valence-corrected chi connectivity index (χ3v) is 5.01. The largest absolute Gasteiger partial charge is 0.395 e. The molecule has 0 saturated heterocycles. The van der Waals surface area contributed by atoms with Crippen LogP contribution >= 0.6 is 0 Å². The Morgan fingerprint density at radius 3 is 2.00 bits per heavy atom. The molecule has 2 aromatic carbocycles. The van der Waals surface area contributed by atoms with E-state index >= 15 is 0 Å². The Morgan fingerprint density at radius 1 is 0.931 bits per heavy atom. The summed E-state index contributed by atoms with van der Waals surface area (Å²) < 4.78 is 0. The van der Waals surface area contributed by atoms with E-state index in [1.165, 1.54) is 59.8 Å². The molecule has 0 atom stereocenters. The maximum absolute atomic E-state index is 8.81. The van der Waals surface area contributed by atoms with Gasteiger partial charge in [-0.15, -0.1) is 0 Å². The van der Waals surface area contributed by atoms with Gasteiger partial charge in [0.05, 0.1) is 0 Å². The number of hydroxylamine groups is 1. The summed E-state index contributed by atoms with van der Waals surface area (Å²) >= 11 is 0. The van der Waals surface area contributed by atoms with Gasteiger partial charge in [-0.1, -0.05) is 86.3 Å². The molecule has 0 aliphatic heterocycles. The minimum absolute atomic E-state index is 0.181. The van der Waals surface area contributed by atoms with Gasteiger partial charge < -0.3 is 4.84 Å².